The summed E-state index contributed by atoms with van der Waals surface area (Å²) in [6.07, 6.45) is 3.06. The maximum Gasteiger partial charge on any atom is 0.417 e. The van der Waals surface area contributed by atoms with Gasteiger partial charge in [0.25, 0.3) is 0 Å². The van der Waals surface area contributed by atoms with Crippen molar-refractivity contribution in [1.82, 2.24) is 9.88 Å². The van der Waals surface area contributed by atoms with Crippen LogP contribution in [0.5, 0.6) is 0 Å². The van der Waals surface area contributed by atoms with Gasteiger partial charge < -0.3 is 4.74 Å². The van der Waals surface area contributed by atoms with Crippen LogP contribution >= 0.6 is 27.7 Å². The Hall–Kier alpha value is -1.60. The molecule has 1 saturated heterocycles. The SMILES string of the molecule is CSC(C(=O)N1C(=O)OCC1(C)C)c1cc(C)c2ncc(Br)cc2c1. The quantitative estimate of drug-likeness (QED) is 0.729. The number of hydrogen-bond donors (Lipinski definition) is 0. The number of cyclic esters (lactones) is 1. The van der Waals surface area contributed by atoms with E-state index < -0.39 is 16.9 Å². The molecular formula is C18H19BrN2O3S. The molecule has 1 atom stereocenters. The summed E-state index contributed by atoms with van der Waals surface area (Å²) < 4.78 is 5.97. The van der Waals surface area contributed by atoms with Crippen molar-refractivity contribution in [1.29, 1.82) is 0 Å². The van der Waals surface area contributed by atoms with Crippen molar-refractivity contribution >= 4 is 50.6 Å². The summed E-state index contributed by atoms with van der Waals surface area (Å²) in [5.41, 5.74) is 2.12. The van der Waals surface area contributed by atoms with Crippen LogP contribution in [0.4, 0.5) is 4.79 Å². The maximum atomic E-state index is 13.1. The van der Waals surface area contributed by atoms with Gasteiger partial charge in [-0.3, -0.25) is 9.78 Å². The van der Waals surface area contributed by atoms with E-state index in [4.69, 9.17) is 4.74 Å². The molecule has 0 aliphatic carbocycles. The number of pyridine rings is 1. The zero-order valence-electron chi connectivity index (χ0n) is 14.5. The van der Waals surface area contributed by atoms with Crippen molar-refractivity contribution in [3.8, 4) is 0 Å². The van der Waals surface area contributed by atoms with Crippen LogP contribution in [0.15, 0.2) is 28.9 Å². The Morgan fingerprint density at radius 1 is 1.40 bits per heavy atom. The van der Waals surface area contributed by atoms with Gasteiger partial charge in [0.05, 0.1) is 11.1 Å². The molecule has 132 valence electrons. The Bertz CT molecular complexity index is 869. The lowest BCUT2D eigenvalue weighted by molar-refractivity contribution is -0.130. The molecule has 0 N–H and O–H groups in total. The fourth-order valence-corrected chi connectivity index (χ4v) is 4.15. The number of fused-ring (bicyclic) bond motifs is 1. The van der Waals surface area contributed by atoms with Crippen LogP contribution in [0.2, 0.25) is 0 Å². The molecule has 25 heavy (non-hydrogen) atoms. The number of halogens is 1. The normalized spacial score (nSPS) is 17.6. The summed E-state index contributed by atoms with van der Waals surface area (Å²) in [4.78, 5) is 30.8. The number of ether oxygens (including phenoxy) is 1. The molecule has 0 bridgehead atoms. The molecule has 2 amide bonds. The Balaban J connectivity index is 2.05. The largest absolute Gasteiger partial charge is 0.447 e. The summed E-state index contributed by atoms with van der Waals surface area (Å²) in [6.45, 7) is 5.86. The average molecular weight is 423 g/mol. The first kappa shape index (κ1) is 18.2. The minimum atomic E-state index is -0.640. The molecule has 1 fully saturated rings. The lowest BCUT2D eigenvalue weighted by atomic mass is 10.0. The molecule has 1 aliphatic rings. The van der Waals surface area contributed by atoms with Crippen LogP contribution in [-0.2, 0) is 9.53 Å². The van der Waals surface area contributed by atoms with E-state index in [2.05, 4.69) is 20.9 Å². The molecule has 7 heteroatoms. The van der Waals surface area contributed by atoms with Crippen molar-refractivity contribution in [2.75, 3.05) is 12.9 Å². The smallest absolute Gasteiger partial charge is 0.417 e. The predicted octanol–water partition coefficient (Wildman–Crippen LogP) is 4.47. The van der Waals surface area contributed by atoms with Gasteiger partial charge in [0, 0.05) is 16.1 Å². The second-order valence-corrected chi connectivity index (χ2v) is 8.58. The van der Waals surface area contributed by atoms with E-state index in [1.165, 1.54) is 16.7 Å². The summed E-state index contributed by atoms with van der Waals surface area (Å²) in [5.74, 6) is -0.248. The predicted molar refractivity (Wildman–Crippen MR) is 103 cm³/mol. The first-order chi connectivity index (χ1) is 11.7. The van der Waals surface area contributed by atoms with E-state index in [0.29, 0.717) is 0 Å². The number of thioether (sulfide) groups is 1. The molecule has 5 nitrogen and oxygen atoms in total. The maximum absolute atomic E-state index is 13.1. The van der Waals surface area contributed by atoms with Gasteiger partial charge in [-0.05, 0) is 66.2 Å². The third kappa shape index (κ3) is 3.27. The Kier molecular flexibility index (Phi) is 4.81. The molecule has 0 spiro atoms. The van der Waals surface area contributed by atoms with Crippen LogP contribution < -0.4 is 0 Å². The minimum absolute atomic E-state index is 0.215. The number of aromatic nitrogens is 1. The van der Waals surface area contributed by atoms with Crippen molar-refractivity contribution in [2.24, 2.45) is 0 Å². The van der Waals surface area contributed by atoms with Crippen molar-refractivity contribution < 1.29 is 14.3 Å². The molecule has 3 rings (SSSR count). The molecule has 1 aromatic heterocycles. The van der Waals surface area contributed by atoms with Gasteiger partial charge in [-0.15, -0.1) is 11.8 Å². The highest BCUT2D eigenvalue weighted by atomic mass is 79.9. The number of nitrogens with zero attached hydrogens (tertiary/aromatic N) is 2. The number of carbonyl (C=O) groups is 2. The van der Waals surface area contributed by atoms with Crippen molar-refractivity contribution in [3.63, 3.8) is 0 Å². The van der Waals surface area contributed by atoms with Crippen LogP contribution in [0, 0.1) is 6.92 Å². The number of aryl methyl sites for hydroxylation is 1. The second-order valence-electron chi connectivity index (χ2n) is 6.72. The van der Waals surface area contributed by atoms with Crippen LogP contribution in [-0.4, -0.2) is 40.3 Å². The zero-order chi connectivity index (χ0) is 18.4. The highest BCUT2D eigenvalue weighted by Crippen LogP contribution is 2.36. The fraction of sp³-hybridized carbons (Fsp3) is 0.389. The summed E-state index contributed by atoms with van der Waals surface area (Å²) in [5, 5.41) is 0.478. The van der Waals surface area contributed by atoms with E-state index in [9.17, 15) is 9.59 Å². The third-order valence-corrected chi connectivity index (χ3v) is 5.66. The Labute approximate surface area is 159 Å². The molecule has 1 unspecified atom stereocenters. The van der Waals surface area contributed by atoms with Gasteiger partial charge in [0.2, 0.25) is 5.91 Å². The van der Waals surface area contributed by atoms with Gasteiger partial charge >= 0.3 is 6.09 Å². The molecule has 0 radical (unpaired) electrons. The molecular weight excluding hydrogens is 404 g/mol. The minimum Gasteiger partial charge on any atom is -0.447 e. The van der Waals surface area contributed by atoms with Gasteiger partial charge in [-0.1, -0.05) is 6.07 Å². The lowest BCUT2D eigenvalue weighted by Gasteiger charge is -2.29. The highest BCUT2D eigenvalue weighted by Gasteiger charge is 2.46. The van der Waals surface area contributed by atoms with E-state index >= 15 is 0 Å². The van der Waals surface area contributed by atoms with E-state index in [-0.39, 0.29) is 12.5 Å². The zero-order valence-corrected chi connectivity index (χ0v) is 16.9. The molecule has 2 heterocycles. The number of amides is 2. The lowest BCUT2D eigenvalue weighted by Crippen LogP contribution is -2.47. The number of hydrogen-bond acceptors (Lipinski definition) is 5. The van der Waals surface area contributed by atoms with Crippen molar-refractivity contribution in [3.05, 3.63) is 40.0 Å². The standard InChI is InChI=1S/C18H19BrN2O3S/c1-10-5-12(6-11-7-13(19)8-20-14(10)11)15(25-4)16(22)21-17(23)24-9-18(21,2)3/h5-8,15H,9H2,1-4H3. The van der Waals surface area contributed by atoms with Gasteiger partial charge in [0.1, 0.15) is 11.9 Å². The van der Waals surface area contributed by atoms with Gasteiger partial charge in [0.15, 0.2) is 0 Å². The molecule has 1 aliphatic heterocycles. The summed E-state index contributed by atoms with van der Waals surface area (Å²) >= 11 is 4.85. The summed E-state index contributed by atoms with van der Waals surface area (Å²) in [6, 6.07) is 5.92. The molecule has 1 aromatic carbocycles. The van der Waals surface area contributed by atoms with Gasteiger partial charge in [-0.2, -0.15) is 0 Å². The second kappa shape index (κ2) is 6.61. The summed E-state index contributed by atoms with van der Waals surface area (Å²) in [7, 11) is 0. The third-order valence-electron chi connectivity index (χ3n) is 4.28. The average Bonchev–Trinajstić information content (AvgIpc) is 2.80. The highest BCUT2D eigenvalue weighted by molar-refractivity contribution is 9.10. The molecule has 2 aromatic rings. The van der Waals surface area contributed by atoms with Crippen LogP contribution in [0.3, 0.4) is 0 Å². The Morgan fingerprint density at radius 2 is 2.12 bits per heavy atom. The number of imide groups is 1. The van der Waals surface area contributed by atoms with Crippen LogP contribution in [0.1, 0.15) is 30.2 Å². The topological polar surface area (TPSA) is 59.5 Å². The number of rotatable bonds is 3. The van der Waals surface area contributed by atoms with Crippen LogP contribution in [0.25, 0.3) is 10.9 Å². The monoisotopic (exact) mass is 422 g/mol. The Morgan fingerprint density at radius 3 is 2.72 bits per heavy atom. The first-order valence-corrected chi connectivity index (χ1v) is 9.92. The van der Waals surface area contributed by atoms with Crippen molar-refractivity contribution in [2.45, 2.75) is 31.6 Å². The van der Waals surface area contributed by atoms with Gasteiger partial charge in [-0.25, -0.2) is 9.69 Å². The number of benzene rings is 1. The fourth-order valence-electron chi connectivity index (χ4n) is 3.08. The number of carbonyl (C=O) groups excluding carboxylic acids is 2. The molecule has 0 saturated carbocycles. The first-order valence-electron chi connectivity index (χ1n) is 7.84. The van der Waals surface area contributed by atoms with E-state index in [1.54, 1.807) is 6.20 Å². The van der Waals surface area contributed by atoms with E-state index in [1.807, 2.05) is 45.2 Å². The van der Waals surface area contributed by atoms with E-state index in [0.717, 1.165) is 26.5 Å².